The maximum Gasteiger partial charge on any atom is 0.162 e. The first-order chi connectivity index (χ1) is 9.86. The Bertz CT molecular complexity index is 426. The van der Waals surface area contributed by atoms with Crippen LogP contribution in [0, 0.1) is 0 Å². The maximum absolute atomic E-state index is 5.87. The summed E-state index contributed by atoms with van der Waals surface area (Å²) in [5, 5.41) is 1.55. The van der Waals surface area contributed by atoms with Crippen molar-refractivity contribution < 1.29 is 9.47 Å². The third-order valence-corrected chi connectivity index (χ3v) is 3.49. The zero-order chi connectivity index (χ0) is 16.0. The third kappa shape index (κ3) is 5.10. The van der Waals surface area contributed by atoms with Gasteiger partial charge in [0.25, 0.3) is 0 Å². The molecule has 1 aromatic carbocycles. The van der Waals surface area contributed by atoms with Crippen LogP contribution in [0.4, 0.5) is 5.69 Å². The lowest BCUT2D eigenvalue weighted by Crippen LogP contribution is -2.39. The second kappa shape index (κ2) is 8.10. The van der Waals surface area contributed by atoms with Gasteiger partial charge in [0.1, 0.15) is 6.61 Å². The summed E-state index contributed by atoms with van der Waals surface area (Å²) in [6.45, 7) is 10.3. The minimum atomic E-state index is 0.503. The molecule has 0 fully saturated rings. The summed E-state index contributed by atoms with van der Waals surface area (Å²) in [6.07, 6.45) is 0. The minimum Gasteiger partial charge on any atom is -0.493 e. The standard InChI is InChI=1S/C16H29N3O2/c1-12(2)19(13(3)4)9-10-21-15-8-7-14(18(5)17)11-16(15)20-6/h7-8,11-13H,9-10,17H2,1-6H3. The van der Waals surface area contributed by atoms with Crippen LogP contribution in [-0.2, 0) is 0 Å². The molecular weight excluding hydrogens is 266 g/mol. The zero-order valence-electron chi connectivity index (χ0n) is 14.1. The first kappa shape index (κ1) is 17.6. The third-order valence-electron chi connectivity index (χ3n) is 3.49. The van der Waals surface area contributed by atoms with E-state index in [9.17, 15) is 0 Å². The molecule has 1 aromatic rings. The number of hydrogen-bond donors (Lipinski definition) is 1. The van der Waals surface area contributed by atoms with E-state index in [0.29, 0.717) is 24.4 Å². The molecule has 0 aliphatic carbocycles. The second-order valence-electron chi connectivity index (χ2n) is 5.72. The Balaban J connectivity index is 2.67. The number of methoxy groups -OCH3 is 1. The van der Waals surface area contributed by atoms with E-state index in [0.717, 1.165) is 18.0 Å². The maximum atomic E-state index is 5.87. The van der Waals surface area contributed by atoms with Crippen LogP contribution in [0.25, 0.3) is 0 Å². The van der Waals surface area contributed by atoms with Crippen LogP contribution in [-0.4, -0.2) is 44.3 Å². The lowest BCUT2D eigenvalue weighted by Gasteiger charge is -2.30. The first-order valence-electron chi connectivity index (χ1n) is 7.41. The van der Waals surface area contributed by atoms with Crippen LogP contribution in [0.2, 0.25) is 0 Å². The Hall–Kier alpha value is -1.46. The number of hydrazine groups is 1. The number of hydrogen-bond acceptors (Lipinski definition) is 5. The smallest absolute Gasteiger partial charge is 0.162 e. The molecule has 0 saturated carbocycles. The minimum absolute atomic E-state index is 0.503. The number of anilines is 1. The molecule has 5 heteroatoms. The molecule has 5 nitrogen and oxygen atoms in total. The predicted octanol–water partition coefficient (Wildman–Crippen LogP) is 2.50. The summed E-state index contributed by atoms with van der Waals surface area (Å²) >= 11 is 0. The Morgan fingerprint density at radius 3 is 2.19 bits per heavy atom. The van der Waals surface area contributed by atoms with E-state index in [-0.39, 0.29) is 0 Å². The molecule has 120 valence electrons. The molecule has 0 bridgehead atoms. The second-order valence-corrected chi connectivity index (χ2v) is 5.72. The summed E-state index contributed by atoms with van der Waals surface area (Å²) in [4.78, 5) is 2.40. The van der Waals surface area contributed by atoms with Crippen LogP contribution < -0.4 is 20.3 Å². The van der Waals surface area contributed by atoms with E-state index in [1.54, 1.807) is 19.2 Å². The van der Waals surface area contributed by atoms with Crippen LogP contribution in [0.1, 0.15) is 27.7 Å². The number of nitrogens with two attached hydrogens (primary N) is 1. The van der Waals surface area contributed by atoms with Crippen LogP contribution in [0.5, 0.6) is 11.5 Å². The average molecular weight is 295 g/mol. The summed E-state index contributed by atoms with van der Waals surface area (Å²) in [5.41, 5.74) is 0.880. The predicted molar refractivity (Wildman–Crippen MR) is 88.1 cm³/mol. The van der Waals surface area contributed by atoms with Crippen molar-refractivity contribution in [1.82, 2.24) is 4.90 Å². The number of nitrogens with zero attached hydrogens (tertiary/aromatic N) is 2. The topological polar surface area (TPSA) is 51.0 Å². The van der Waals surface area contributed by atoms with Crippen molar-refractivity contribution in [2.45, 2.75) is 39.8 Å². The highest BCUT2D eigenvalue weighted by molar-refractivity contribution is 5.55. The molecule has 0 aromatic heterocycles. The van der Waals surface area contributed by atoms with Crippen LogP contribution >= 0.6 is 0 Å². The SMILES string of the molecule is COc1cc(N(C)N)ccc1OCCN(C(C)C)C(C)C. The van der Waals surface area contributed by atoms with Gasteiger partial charge in [0.2, 0.25) is 0 Å². The molecule has 0 atom stereocenters. The van der Waals surface area contributed by atoms with Crippen LogP contribution in [0.15, 0.2) is 18.2 Å². The van der Waals surface area contributed by atoms with Gasteiger partial charge in [-0.1, -0.05) is 0 Å². The van der Waals surface area contributed by atoms with Crippen molar-refractivity contribution in [2.75, 3.05) is 32.3 Å². The summed E-state index contributed by atoms with van der Waals surface area (Å²) in [7, 11) is 3.43. The zero-order valence-corrected chi connectivity index (χ0v) is 14.1. The van der Waals surface area contributed by atoms with Gasteiger partial charge < -0.3 is 14.5 Å². The Kier molecular flexibility index (Phi) is 6.78. The largest absolute Gasteiger partial charge is 0.493 e. The molecule has 0 aliphatic heterocycles. The van der Waals surface area contributed by atoms with Gasteiger partial charge in [-0.05, 0) is 39.8 Å². The average Bonchev–Trinajstić information content (AvgIpc) is 2.42. The first-order valence-corrected chi connectivity index (χ1v) is 7.41. The Labute approximate surface area is 128 Å². The lowest BCUT2D eigenvalue weighted by molar-refractivity contribution is 0.140. The number of ether oxygens (including phenoxy) is 2. The monoisotopic (exact) mass is 295 g/mol. The molecule has 21 heavy (non-hydrogen) atoms. The summed E-state index contributed by atoms with van der Waals surface area (Å²) in [6, 6.07) is 6.69. The number of rotatable bonds is 8. The van der Waals surface area contributed by atoms with Gasteiger partial charge in [0, 0.05) is 31.7 Å². The molecule has 1 rings (SSSR count). The van der Waals surface area contributed by atoms with Gasteiger partial charge in [-0.15, -0.1) is 0 Å². The summed E-state index contributed by atoms with van der Waals surface area (Å²) < 4.78 is 11.2. The van der Waals surface area contributed by atoms with Gasteiger partial charge in [0.15, 0.2) is 11.5 Å². The highest BCUT2D eigenvalue weighted by Gasteiger charge is 2.14. The highest BCUT2D eigenvalue weighted by Crippen LogP contribution is 2.30. The quantitative estimate of drug-likeness (QED) is 0.590. The van der Waals surface area contributed by atoms with Crippen LogP contribution in [0.3, 0.4) is 0 Å². The fourth-order valence-electron chi connectivity index (χ4n) is 2.37. The number of benzene rings is 1. The van der Waals surface area contributed by atoms with E-state index in [1.807, 2.05) is 18.2 Å². The van der Waals surface area contributed by atoms with Gasteiger partial charge in [0.05, 0.1) is 12.8 Å². The molecule has 0 unspecified atom stereocenters. The molecule has 0 amide bonds. The molecule has 0 aliphatic rings. The Morgan fingerprint density at radius 1 is 1.10 bits per heavy atom. The molecular formula is C16H29N3O2. The van der Waals surface area contributed by atoms with Crippen molar-refractivity contribution in [1.29, 1.82) is 0 Å². The van der Waals surface area contributed by atoms with E-state index < -0.39 is 0 Å². The lowest BCUT2D eigenvalue weighted by atomic mass is 10.2. The van der Waals surface area contributed by atoms with Crippen molar-refractivity contribution in [3.8, 4) is 11.5 Å². The molecule has 0 spiro atoms. The molecule has 0 heterocycles. The van der Waals surface area contributed by atoms with Gasteiger partial charge in [-0.2, -0.15) is 0 Å². The van der Waals surface area contributed by atoms with E-state index >= 15 is 0 Å². The Morgan fingerprint density at radius 2 is 1.71 bits per heavy atom. The normalized spacial score (nSPS) is 11.3. The van der Waals surface area contributed by atoms with E-state index in [2.05, 4.69) is 32.6 Å². The van der Waals surface area contributed by atoms with Gasteiger partial charge >= 0.3 is 0 Å². The molecule has 0 radical (unpaired) electrons. The van der Waals surface area contributed by atoms with Crippen molar-refractivity contribution >= 4 is 5.69 Å². The molecule has 2 N–H and O–H groups in total. The highest BCUT2D eigenvalue weighted by atomic mass is 16.5. The van der Waals surface area contributed by atoms with Crippen molar-refractivity contribution in [3.63, 3.8) is 0 Å². The fraction of sp³-hybridized carbons (Fsp3) is 0.625. The summed E-state index contributed by atoms with van der Waals surface area (Å²) in [5.74, 6) is 7.17. The van der Waals surface area contributed by atoms with Crippen molar-refractivity contribution in [2.24, 2.45) is 5.84 Å². The van der Waals surface area contributed by atoms with Crippen molar-refractivity contribution in [3.05, 3.63) is 18.2 Å². The van der Waals surface area contributed by atoms with Gasteiger partial charge in [-0.25, -0.2) is 5.84 Å². The van der Waals surface area contributed by atoms with E-state index in [4.69, 9.17) is 15.3 Å². The van der Waals surface area contributed by atoms with Gasteiger partial charge in [-0.3, -0.25) is 4.90 Å². The molecule has 0 saturated heterocycles. The van der Waals surface area contributed by atoms with E-state index in [1.165, 1.54) is 0 Å². The fourth-order valence-corrected chi connectivity index (χ4v) is 2.37.